The summed E-state index contributed by atoms with van der Waals surface area (Å²) >= 11 is 0. The molecule has 2 rings (SSSR count). The third-order valence-electron chi connectivity index (χ3n) is 3.51. The van der Waals surface area contributed by atoms with Gasteiger partial charge in [-0.1, -0.05) is 37.3 Å². The number of carbonyl (C=O) groups is 1. The Morgan fingerprint density at radius 1 is 1.32 bits per heavy atom. The minimum atomic E-state index is -0.313. The normalized spacial score (nSPS) is 13.4. The predicted octanol–water partition coefficient (Wildman–Crippen LogP) is 2.16. The summed E-state index contributed by atoms with van der Waals surface area (Å²) in [7, 11) is 0. The van der Waals surface area contributed by atoms with Crippen molar-refractivity contribution in [3.63, 3.8) is 0 Å². The highest BCUT2D eigenvalue weighted by atomic mass is 16.4. The lowest BCUT2D eigenvalue weighted by Gasteiger charge is -2.19. The van der Waals surface area contributed by atoms with E-state index in [-0.39, 0.29) is 31.1 Å². The molecule has 0 saturated carbocycles. The Balaban J connectivity index is 1.85. The molecule has 0 saturated heterocycles. The molecule has 2 aromatic rings. The maximum Gasteiger partial charge on any atom is 0.315 e. The first-order chi connectivity index (χ1) is 10.6. The number of amides is 2. The second-order valence-corrected chi connectivity index (χ2v) is 5.26. The molecule has 0 fully saturated rings. The van der Waals surface area contributed by atoms with E-state index in [1.807, 2.05) is 44.2 Å². The van der Waals surface area contributed by atoms with E-state index in [1.54, 1.807) is 6.20 Å². The summed E-state index contributed by atoms with van der Waals surface area (Å²) in [5, 5.41) is 14.5. The number of hydrogen-bond acceptors (Lipinski definition) is 4. The number of urea groups is 1. The summed E-state index contributed by atoms with van der Waals surface area (Å²) in [6, 6.07) is 9.22. The Bertz CT molecular complexity index is 598. The first-order valence-electron chi connectivity index (χ1n) is 7.25. The van der Waals surface area contributed by atoms with Crippen molar-refractivity contribution in [2.24, 2.45) is 5.92 Å². The summed E-state index contributed by atoms with van der Waals surface area (Å²) in [5.41, 5.74) is 0.941. The molecule has 0 aliphatic rings. The number of nitrogens with one attached hydrogen (secondary N) is 2. The molecule has 1 aromatic carbocycles. The van der Waals surface area contributed by atoms with Gasteiger partial charge in [-0.05, 0) is 12.8 Å². The van der Waals surface area contributed by atoms with Gasteiger partial charge >= 0.3 is 6.03 Å². The summed E-state index contributed by atoms with van der Waals surface area (Å²) in [5.74, 6) is 1.11. The Morgan fingerprint density at radius 2 is 2.05 bits per heavy atom. The van der Waals surface area contributed by atoms with E-state index < -0.39 is 0 Å². The van der Waals surface area contributed by atoms with Crippen LogP contribution in [0.15, 0.2) is 40.9 Å². The van der Waals surface area contributed by atoms with Crippen LogP contribution in [0.5, 0.6) is 0 Å². The van der Waals surface area contributed by atoms with Gasteiger partial charge in [-0.2, -0.15) is 0 Å². The first-order valence-corrected chi connectivity index (χ1v) is 7.25. The minimum Gasteiger partial charge on any atom is -0.439 e. The molecule has 0 radical (unpaired) electrons. The minimum absolute atomic E-state index is 0.00262. The summed E-state index contributed by atoms with van der Waals surface area (Å²) in [6.45, 7) is 3.95. The van der Waals surface area contributed by atoms with Crippen LogP contribution in [-0.2, 0) is 6.54 Å². The highest BCUT2D eigenvalue weighted by Crippen LogP contribution is 2.19. The van der Waals surface area contributed by atoms with Crippen LogP contribution in [0.1, 0.15) is 19.7 Å². The number of rotatable bonds is 6. The SMILES string of the molecule is CC(CO)C(C)NC(=O)NCc1ncc(-c2ccccc2)o1. The van der Waals surface area contributed by atoms with E-state index >= 15 is 0 Å². The molecule has 22 heavy (non-hydrogen) atoms. The Hall–Kier alpha value is -2.34. The summed E-state index contributed by atoms with van der Waals surface area (Å²) in [4.78, 5) is 15.9. The number of benzene rings is 1. The van der Waals surface area contributed by atoms with Gasteiger partial charge in [0.2, 0.25) is 5.89 Å². The fraction of sp³-hybridized carbons (Fsp3) is 0.375. The van der Waals surface area contributed by atoms with E-state index in [0.29, 0.717) is 11.7 Å². The Morgan fingerprint density at radius 3 is 2.73 bits per heavy atom. The van der Waals surface area contributed by atoms with E-state index in [9.17, 15) is 4.79 Å². The molecule has 3 N–H and O–H groups in total. The number of oxazole rings is 1. The van der Waals surface area contributed by atoms with Gasteiger partial charge in [0.15, 0.2) is 5.76 Å². The van der Waals surface area contributed by atoms with Gasteiger partial charge in [-0.15, -0.1) is 0 Å². The van der Waals surface area contributed by atoms with E-state index in [2.05, 4.69) is 15.6 Å². The molecule has 6 heteroatoms. The summed E-state index contributed by atoms with van der Waals surface area (Å²) < 4.78 is 5.60. The van der Waals surface area contributed by atoms with Crippen molar-refractivity contribution >= 4 is 6.03 Å². The van der Waals surface area contributed by atoms with Crippen molar-refractivity contribution in [1.82, 2.24) is 15.6 Å². The number of hydrogen-bond donors (Lipinski definition) is 3. The number of carbonyl (C=O) groups excluding carboxylic acids is 1. The maximum absolute atomic E-state index is 11.8. The lowest BCUT2D eigenvalue weighted by Crippen LogP contribution is -2.44. The quantitative estimate of drug-likeness (QED) is 0.763. The number of nitrogens with zero attached hydrogens (tertiary/aromatic N) is 1. The zero-order valence-electron chi connectivity index (χ0n) is 12.7. The van der Waals surface area contributed by atoms with Crippen molar-refractivity contribution < 1.29 is 14.3 Å². The molecule has 118 valence electrons. The van der Waals surface area contributed by atoms with Crippen LogP contribution in [0.25, 0.3) is 11.3 Å². The van der Waals surface area contributed by atoms with Gasteiger partial charge in [0.25, 0.3) is 0 Å². The van der Waals surface area contributed by atoms with Crippen LogP contribution in [-0.4, -0.2) is 28.8 Å². The molecule has 1 heterocycles. The van der Waals surface area contributed by atoms with Gasteiger partial charge in [0, 0.05) is 18.2 Å². The second-order valence-electron chi connectivity index (χ2n) is 5.26. The monoisotopic (exact) mass is 303 g/mol. The van der Waals surface area contributed by atoms with Crippen molar-refractivity contribution in [3.05, 3.63) is 42.4 Å². The highest BCUT2D eigenvalue weighted by Gasteiger charge is 2.14. The molecular formula is C16H21N3O3. The van der Waals surface area contributed by atoms with Crippen molar-refractivity contribution in [2.45, 2.75) is 26.4 Å². The molecule has 0 aliphatic carbocycles. The molecule has 0 aliphatic heterocycles. The fourth-order valence-corrected chi connectivity index (χ4v) is 1.84. The summed E-state index contributed by atoms with van der Waals surface area (Å²) in [6.07, 6.45) is 1.64. The lowest BCUT2D eigenvalue weighted by atomic mass is 10.1. The van der Waals surface area contributed by atoms with Gasteiger partial charge in [-0.3, -0.25) is 0 Å². The van der Waals surface area contributed by atoms with Crippen LogP contribution in [0.3, 0.4) is 0 Å². The largest absolute Gasteiger partial charge is 0.439 e. The molecular weight excluding hydrogens is 282 g/mol. The van der Waals surface area contributed by atoms with Crippen molar-refractivity contribution in [2.75, 3.05) is 6.61 Å². The number of aliphatic hydroxyl groups is 1. The van der Waals surface area contributed by atoms with Gasteiger partial charge in [-0.25, -0.2) is 9.78 Å². The van der Waals surface area contributed by atoms with Crippen LogP contribution in [0, 0.1) is 5.92 Å². The van der Waals surface area contributed by atoms with Gasteiger partial charge < -0.3 is 20.2 Å². The zero-order valence-corrected chi connectivity index (χ0v) is 12.7. The average molecular weight is 303 g/mol. The van der Waals surface area contributed by atoms with Crippen LogP contribution in [0.2, 0.25) is 0 Å². The standard InChI is InChI=1S/C16H21N3O3/c1-11(10-20)12(2)19-16(21)18-9-15-17-8-14(22-15)13-6-4-3-5-7-13/h3-8,11-12,20H,9-10H2,1-2H3,(H2,18,19,21). The molecule has 0 spiro atoms. The second kappa shape index (κ2) is 7.61. The molecule has 6 nitrogen and oxygen atoms in total. The topological polar surface area (TPSA) is 87.4 Å². The smallest absolute Gasteiger partial charge is 0.315 e. The molecule has 0 bridgehead atoms. The maximum atomic E-state index is 11.8. The van der Waals surface area contributed by atoms with Gasteiger partial charge in [0.1, 0.15) is 0 Å². The first kappa shape index (κ1) is 16.0. The predicted molar refractivity (Wildman–Crippen MR) is 83.0 cm³/mol. The van der Waals surface area contributed by atoms with Crippen LogP contribution in [0.4, 0.5) is 4.79 Å². The molecule has 1 aromatic heterocycles. The van der Waals surface area contributed by atoms with E-state index in [1.165, 1.54) is 0 Å². The Labute approximate surface area is 129 Å². The van der Waals surface area contributed by atoms with Gasteiger partial charge in [0.05, 0.1) is 12.7 Å². The van der Waals surface area contributed by atoms with E-state index in [4.69, 9.17) is 9.52 Å². The molecule has 2 atom stereocenters. The average Bonchev–Trinajstić information content (AvgIpc) is 3.02. The lowest BCUT2D eigenvalue weighted by molar-refractivity contribution is 0.200. The van der Waals surface area contributed by atoms with Crippen LogP contribution >= 0.6 is 0 Å². The molecule has 2 unspecified atom stereocenters. The third-order valence-corrected chi connectivity index (χ3v) is 3.51. The van der Waals surface area contributed by atoms with Crippen LogP contribution < -0.4 is 10.6 Å². The van der Waals surface area contributed by atoms with Crippen molar-refractivity contribution in [1.29, 1.82) is 0 Å². The Kier molecular flexibility index (Phi) is 5.55. The molecule has 2 amide bonds. The zero-order chi connectivity index (χ0) is 15.9. The highest BCUT2D eigenvalue weighted by molar-refractivity contribution is 5.74. The van der Waals surface area contributed by atoms with E-state index in [0.717, 1.165) is 5.56 Å². The third kappa shape index (κ3) is 4.33. The number of aliphatic hydroxyl groups excluding tert-OH is 1. The van der Waals surface area contributed by atoms with Crippen molar-refractivity contribution in [3.8, 4) is 11.3 Å². The fourth-order valence-electron chi connectivity index (χ4n) is 1.84. The number of aromatic nitrogens is 1.